The van der Waals surface area contributed by atoms with Gasteiger partial charge in [-0.3, -0.25) is 0 Å². The van der Waals surface area contributed by atoms with E-state index < -0.39 is 5.60 Å². The van der Waals surface area contributed by atoms with Crippen molar-refractivity contribution in [3.05, 3.63) is 11.7 Å². The normalized spacial score (nSPS) is 31.4. The van der Waals surface area contributed by atoms with Crippen LogP contribution in [-0.4, -0.2) is 36.5 Å². The van der Waals surface area contributed by atoms with Crippen molar-refractivity contribution in [2.24, 2.45) is 11.1 Å². The molecular formula is C15H25N3O3. The minimum atomic E-state index is -0.416. The molecule has 6 heteroatoms. The SMILES string of the molecule is COC1(c2noc(C3COCC3N)n2)CCC(C)(C)CC1. The van der Waals surface area contributed by atoms with E-state index >= 15 is 0 Å². The van der Waals surface area contributed by atoms with E-state index in [0.29, 0.717) is 30.3 Å². The van der Waals surface area contributed by atoms with E-state index in [2.05, 4.69) is 24.0 Å². The summed E-state index contributed by atoms with van der Waals surface area (Å²) in [6, 6.07) is -0.0675. The van der Waals surface area contributed by atoms with Gasteiger partial charge in [0, 0.05) is 13.2 Å². The molecule has 3 rings (SSSR count). The maximum atomic E-state index is 6.02. The Bertz CT molecular complexity index is 490. The van der Waals surface area contributed by atoms with Crippen LogP contribution in [-0.2, 0) is 15.1 Å². The summed E-state index contributed by atoms with van der Waals surface area (Å²) in [7, 11) is 1.73. The van der Waals surface area contributed by atoms with Gasteiger partial charge < -0.3 is 19.7 Å². The molecule has 21 heavy (non-hydrogen) atoms. The Hall–Kier alpha value is -0.980. The molecule has 1 saturated heterocycles. The van der Waals surface area contributed by atoms with Crippen molar-refractivity contribution in [1.29, 1.82) is 0 Å². The summed E-state index contributed by atoms with van der Waals surface area (Å²) in [4.78, 5) is 4.59. The van der Waals surface area contributed by atoms with Crippen molar-refractivity contribution in [3.8, 4) is 0 Å². The van der Waals surface area contributed by atoms with Crippen LogP contribution in [0.3, 0.4) is 0 Å². The first-order chi connectivity index (χ1) is 9.96. The van der Waals surface area contributed by atoms with E-state index in [0.717, 1.165) is 25.7 Å². The first kappa shape index (κ1) is 14.9. The Morgan fingerprint density at radius 1 is 1.19 bits per heavy atom. The zero-order chi connectivity index (χ0) is 15.1. The number of aromatic nitrogens is 2. The van der Waals surface area contributed by atoms with Gasteiger partial charge in [-0.05, 0) is 31.1 Å². The fourth-order valence-electron chi connectivity index (χ4n) is 3.25. The minimum absolute atomic E-state index is 0.000174. The van der Waals surface area contributed by atoms with Crippen molar-refractivity contribution in [1.82, 2.24) is 10.1 Å². The molecule has 2 unspecified atom stereocenters. The van der Waals surface area contributed by atoms with Crippen LogP contribution in [0.2, 0.25) is 0 Å². The topological polar surface area (TPSA) is 83.4 Å². The fourth-order valence-corrected chi connectivity index (χ4v) is 3.25. The van der Waals surface area contributed by atoms with Crippen LogP contribution in [0.1, 0.15) is 57.2 Å². The zero-order valence-corrected chi connectivity index (χ0v) is 13.1. The average Bonchev–Trinajstić information content (AvgIpc) is 3.08. The third-order valence-corrected chi connectivity index (χ3v) is 5.09. The largest absolute Gasteiger partial charge is 0.379 e. The summed E-state index contributed by atoms with van der Waals surface area (Å²) in [5.74, 6) is 1.24. The predicted molar refractivity (Wildman–Crippen MR) is 76.8 cm³/mol. The quantitative estimate of drug-likeness (QED) is 0.917. The van der Waals surface area contributed by atoms with Crippen LogP contribution in [0.25, 0.3) is 0 Å². The van der Waals surface area contributed by atoms with Gasteiger partial charge in [-0.15, -0.1) is 0 Å². The van der Waals surface area contributed by atoms with Gasteiger partial charge in [-0.1, -0.05) is 19.0 Å². The lowest BCUT2D eigenvalue weighted by atomic mass is 9.70. The van der Waals surface area contributed by atoms with Gasteiger partial charge in [0.25, 0.3) is 0 Å². The summed E-state index contributed by atoms with van der Waals surface area (Å²) in [5, 5.41) is 4.19. The third-order valence-electron chi connectivity index (χ3n) is 5.09. The van der Waals surface area contributed by atoms with Crippen molar-refractivity contribution in [2.75, 3.05) is 20.3 Å². The number of methoxy groups -OCH3 is 1. The summed E-state index contributed by atoms with van der Waals surface area (Å²) in [6.07, 6.45) is 4.03. The van der Waals surface area contributed by atoms with Gasteiger partial charge in [0.1, 0.15) is 5.60 Å². The lowest BCUT2D eigenvalue weighted by Crippen LogP contribution is -2.37. The second-order valence-electron chi connectivity index (χ2n) is 7.13. The summed E-state index contributed by atoms with van der Waals surface area (Å²) in [5.41, 5.74) is 5.96. The van der Waals surface area contributed by atoms with E-state index in [-0.39, 0.29) is 12.0 Å². The zero-order valence-electron chi connectivity index (χ0n) is 13.1. The van der Waals surface area contributed by atoms with Gasteiger partial charge in [0.2, 0.25) is 11.7 Å². The Morgan fingerprint density at radius 3 is 2.48 bits per heavy atom. The van der Waals surface area contributed by atoms with Gasteiger partial charge in [-0.2, -0.15) is 4.98 Å². The van der Waals surface area contributed by atoms with Gasteiger partial charge >= 0.3 is 0 Å². The number of nitrogens with two attached hydrogens (primary N) is 1. The molecule has 1 aliphatic carbocycles. The van der Waals surface area contributed by atoms with Crippen LogP contribution in [0.5, 0.6) is 0 Å². The molecule has 1 aliphatic heterocycles. The second-order valence-corrected chi connectivity index (χ2v) is 7.13. The molecule has 1 aromatic rings. The van der Waals surface area contributed by atoms with Gasteiger partial charge in [-0.25, -0.2) is 0 Å². The highest BCUT2D eigenvalue weighted by atomic mass is 16.5. The number of hydrogen-bond acceptors (Lipinski definition) is 6. The number of nitrogens with zero attached hydrogens (tertiary/aromatic N) is 2. The monoisotopic (exact) mass is 295 g/mol. The molecule has 0 bridgehead atoms. The molecule has 2 heterocycles. The number of hydrogen-bond donors (Lipinski definition) is 1. The van der Waals surface area contributed by atoms with Crippen LogP contribution in [0, 0.1) is 5.41 Å². The van der Waals surface area contributed by atoms with E-state index in [1.165, 1.54) is 0 Å². The Labute approximate surface area is 125 Å². The Kier molecular flexibility index (Phi) is 3.80. The highest BCUT2D eigenvalue weighted by Crippen LogP contribution is 2.46. The van der Waals surface area contributed by atoms with Crippen LogP contribution < -0.4 is 5.73 Å². The number of rotatable bonds is 3. The molecule has 1 saturated carbocycles. The van der Waals surface area contributed by atoms with Crippen LogP contribution in [0.15, 0.2) is 4.52 Å². The third kappa shape index (κ3) is 2.72. The molecule has 2 N–H and O–H groups in total. The summed E-state index contributed by atoms with van der Waals surface area (Å²) >= 11 is 0. The van der Waals surface area contributed by atoms with Crippen LogP contribution in [0.4, 0.5) is 0 Å². The molecule has 0 aromatic carbocycles. The van der Waals surface area contributed by atoms with Crippen molar-refractivity contribution >= 4 is 0 Å². The molecule has 2 fully saturated rings. The van der Waals surface area contributed by atoms with Crippen LogP contribution >= 0.6 is 0 Å². The summed E-state index contributed by atoms with van der Waals surface area (Å²) in [6.45, 7) is 5.69. The van der Waals surface area contributed by atoms with Crippen molar-refractivity contribution in [2.45, 2.75) is 57.1 Å². The molecule has 1 aromatic heterocycles. The molecule has 0 radical (unpaired) electrons. The molecule has 6 nitrogen and oxygen atoms in total. The molecule has 118 valence electrons. The standard InChI is InChI=1S/C15H25N3O3/c1-14(2)4-6-15(19-3,7-5-14)13-17-12(21-18-13)10-8-20-9-11(10)16/h10-11H,4-9,16H2,1-3H3. The second kappa shape index (κ2) is 5.34. The lowest BCUT2D eigenvalue weighted by molar-refractivity contribution is -0.0740. The predicted octanol–water partition coefficient (Wildman–Crippen LogP) is 1.95. The smallest absolute Gasteiger partial charge is 0.233 e. The van der Waals surface area contributed by atoms with E-state index in [4.69, 9.17) is 19.7 Å². The maximum Gasteiger partial charge on any atom is 0.233 e. The Balaban J connectivity index is 1.81. The molecular weight excluding hydrogens is 270 g/mol. The first-order valence-corrected chi connectivity index (χ1v) is 7.68. The molecule has 2 aliphatic rings. The molecule has 0 spiro atoms. The fraction of sp³-hybridized carbons (Fsp3) is 0.867. The molecule has 2 atom stereocenters. The first-order valence-electron chi connectivity index (χ1n) is 7.68. The average molecular weight is 295 g/mol. The minimum Gasteiger partial charge on any atom is -0.379 e. The summed E-state index contributed by atoms with van der Waals surface area (Å²) < 4.78 is 16.6. The van der Waals surface area contributed by atoms with Gasteiger partial charge in [0.15, 0.2) is 0 Å². The van der Waals surface area contributed by atoms with E-state index in [1.54, 1.807) is 7.11 Å². The van der Waals surface area contributed by atoms with Crippen molar-refractivity contribution < 1.29 is 14.0 Å². The van der Waals surface area contributed by atoms with Gasteiger partial charge in [0.05, 0.1) is 19.1 Å². The molecule has 0 amide bonds. The Morgan fingerprint density at radius 2 is 1.90 bits per heavy atom. The van der Waals surface area contributed by atoms with Crippen molar-refractivity contribution in [3.63, 3.8) is 0 Å². The van der Waals surface area contributed by atoms with E-state index in [9.17, 15) is 0 Å². The number of ether oxygens (including phenoxy) is 2. The highest BCUT2D eigenvalue weighted by molar-refractivity contribution is 5.08. The highest BCUT2D eigenvalue weighted by Gasteiger charge is 2.44. The lowest BCUT2D eigenvalue weighted by Gasteiger charge is -2.40. The van der Waals surface area contributed by atoms with E-state index in [1.807, 2.05) is 0 Å². The maximum absolute atomic E-state index is 6.02.